The Hall–Kier alpha value is -0.275. The molecule has 12 heavy (non-hydrogen) atoms. The summed E-state index contributed by atoms with van der Waals surface area (Å²) in [6.45, 7) is 5.55. The van der Waals surface area contributed by atoms with Gasteiger partial charge in [0, 0.05) is 27.0 Å². The molecule has 0 fully saturated rings. The lowest BCUT2D eigenvalue weighted by atomic mass is 10.0. The van der Waals surface area contributed by atoms with Crippen molar-refractivity contribution in [2.75, 3.05) is 20.6 Å². The molecular weight excluding hydrogens is 147 g/mol. The Morgan fingerprint density at radius 3 is 2.67 bits per heavy atom. The van der Waals surface area contributed by atoms with Gasteiger partial charge in [0.25, 0.3) is 0 Å². The molecule has 0 unspecified atom stereocenters. The second-order valence-electron chi connectivity index (χ2n) is 3.48. The summed E-state index contributed by atoms with van der Waals surface area (Å²) < 4.78 is 0. The van der Waals surface area contributed by atoms with Crippen LogP contribution in [0.4, 0.5) is 0 Å². The molecule has 0 aromatic carbocycles. The topological polar surface area (TPSA) is 15.3 Å². The minimum Gasteiger partial charge on any atom is -0.312 e. The monoisotopic (exact) mass is 165 g/mol. The summed E-state index contributed by atoms with van der Waals surface area (Å²) in [5.41, 5.74) is 1.46. The van der Waals surface area contributed by atoms with E-state index in [1.165, 1.54) is 5.57 Å². The van der Waals surface area contributed by atoms with Gasteiger partial charge in [-0.15, -0.1) is 0 Å². The lowest BCUT2D eigenvalue weighted by Crippen LogP contribution is -2.48. The molecule has 1 aliphatic heterocycles. The van der Waals surface area contributed by atoms with Crippen molar-refractivity contribution in [3.8, 4) is 0 Å². The van der Waals surface area contributed by atoms with Crippen LogP contribution in [0.25, 0.3) is 0 Å². The van der Waals surface area contributed by atoms with Gasteiger partial charge < -0.3 is 5.32 Å². The molecule has 0 saturated heterocycles. The molecule has 1 rings (SSSR count). The third-order valence-electron chi connectivity index (χ3n) is 2.51. The van der Waals surface area contributed by atoms with Crippen LogP contribution in [0.5, 0.6) is 0 Å². The van der Waals surface area contributed by atoms with E-state index in [-0.39, 0.29) is 8.41 Å². The van der Waals surface area contributed by atoms with Crippen LogP contribution in [0.2, 0.25) is 0 Å². The number of rotatable bonds is 1. The van der Waals surface area contributed by atoms with Gasteiger partial charge in [0.2, 0.25) is 0 Å². The highest BCUT2D eigenvalue weighted by molar-refractivity contribution is 5.75. The smallest absolute Gasteiger partial charge is 0.0405 e. The summed E-state index contributed by atoms with van der Waals surface area (Å²) in [6.07, 6.45) is 2.32. The van der Waals surface area contributed by atoms with Crippen molar-refractivity contribution in [2.45, 2.75) is 25.9 Å². The van der Waals surface area contributed by atoms with Crippen molar-refractivity contribution >= 4 is 8.41 Å². The Balaban J connectivity index is 0.00000121. The van der Waals surface area contributed by atoms with Crippen LogP contribution in [0.3, 0.4) is 0 Å². The van der Waals surface area contributed by atoms with Crippen LogP contribution in [0, 0.1) is 0 Å². The van der Waals surface area contributed by atoms with E-state index in [0.717, 1.165) is 6.54 Å². The molecule has 2 atom stereocenters. The van der Waals surface area contributed by atoms with Crippen molar-refractivity contribution in [1.29, 1.82) is 0 Å². The van der Waals surface area contributed by atoms with Gasteiger partial charge in [-0.05, 0) is 27.9 Å². The van der Waals surface area contributed by atoms with Crippen molar-refractivity contribution in [3.63, 3.8) is 0 Å². The fourth-order valence-electron chi connectivity index (χ4n) is 1.63. The zero-order valence-corrected chi connectivity index (χ0v) is 8.46. The highest BCUT2D eigenvalue weighted by Gasteiger charge is 2.21. The second-order valence-corrected chi connectivity index (χ2v) is 3.48. The van der Waals surface area contributed by atoms with E-state index in [1.54, 1.807) is 0 Å². The molecule has 0 spiro atoms. The summed E-state index contributed by atoms with van der Waals surface area (Å²) in [4.78, 5) is 2.37. The predicted octanol–water partition coefficient (Wildman–Crippen LogP) is 0.474. The van der Waals surface area contributed by atoms with Crippen LogP contribution in [0.1, 0.15) is 13.8 Å². The molecule has 0 aliphatic carbocycles. The highest BCUT2D eigenvalue weighted by Crippen LogP contribution is 2.13. The van der Waals surface area contributed by atoms with E-state index < -0.39 is 0 Å². The summed E-state index contributed by atoms with van der Waals surface area (Å²) >= 11 is 0. The van der Waals surface area contributed by atoms with E-state index in [0.29, 0.717) is 12.1 Å². The minimum atomic E-state index is 0. The average molecular weight is 165 g/mol. The van der Waals surface area contributed by atoms with Gasteiger partial charge in [0.15, 0.2) is 0 Å². The molecule has 1 N–H and O–H groups in total. The van der Waals surface area contributed by atoms with Gasteiger partial charge in [0.1, 0.15) is 0 Å². The Morgan fingerprint density at radius 1 is 1.58 bits per heavy atom. The van der Waals surface area contributed by atoms with E-state index in [1.807, 2.05) is 7.05 Å². The molecule has 0 aromatic heterocycles. The molecular formula is C9H18BN2. The zero-order chi connectivity index (χ0) is 8.43. The molecule has 3 radical (unpaired) electrons. The first-order chi connectivity index (χ1) is 5.15. The van der Waals surface area contributed by atoms with Crippen LogP contribution in [-0.2, 0) is 0 Å². The van der Waals surface area contributed by atoms with Crippen LogP contribution >= 0.6 is 0 Å². The SMILES string of the molecule is CN[C@@H]1C=C(C)CN(C)[C@H]1C.[B]. The predicted molar refractivity (Wildman–Crippen MR) is 54.5 cm³/mol. The molecule has 1 heterocycles. The third-order valence-corrected chi connectivity index (χ3v) is 2.51. The van der Waals surface area contributed by atoms with Gasteiger partial charge in [0.05, 0.1) is 0 Å². The van der Waals surface area contributed by atoms with Crippen molar-refractivity contribution in [1.82, 2.24) is 10.2 Å². The summed E-state index contributed by atoms with van der Waals surface area (Å²) in [5.74, 6) is 0. The van der Waals surface area contributed by atoms with Gasteiger partial charge in [-0.3, -0.25) is 4.90 Å². The molecule has 3 heteroatoms. The first kappa shape index (κ1) is 11.7. The van der Waals surface area contributed by atoms with Crippen LogP contribution in [-0.4, -0.2) is 46.0 Å². The standard InChI is InChI=1S/C9H18N2.B/c1-7-5-9(10-3)8(2)11(4)6-7;/h5,8-10H,6H2,1-4H3;/t8-,9+;/m0./s1. The Morgan fingerprint density at radius 2 is 2.17 bits per heavy atom. The molecule has 0 aromatic rings. The molecule has 0 amide bonds. The lowest BCUT2D eigenvalue weighted by molar-refractivity contribution is 0.232. The average Bonchev–Trinajstić information content (AvgIpc) is 1.96. The minimum absolute atomic E-state index is 0. The van der Waals surface area contributed by atoms with Gasteiger partial charge in [-0.1, -0.05) is 11.6 Å². The van der Waals surface area contributed by atoms with Crippen LogP contribution < -0.4 is 5.32 Å². The van der Waals surface area contributed by atoms with E-state index >= 15 is 0 Å². The van der Waals surface area contributed by atoms with E-state index in [9.17, 15) is 0 Å². The Kier molecular flexibility index (Phi) is 4.57. The summed E-state index contributed by atoms with van der Waals surface area (Å²) in [6, 6.07) is 1.14. The Bertz CT molecular complexity index is 168. The highest BCUT2D eigenvalue weighted by atomic mass is 15.2. The largest absolute Gasteiger partial charge is 0.312 e. The van der Waals surface area contributed by atoms with Crippen molar-refractivity contribution in [3.05, 3.63) is 11.6 Å². The maximum atomic E-state index is 3.30. The lowest BCUT2D eigenvalue weighted by Gasteiger charge is -2.35. The molecule has 0 saturated carbocycles. The van der Waals surface area contributed by atoms with Gasteiger partial charge >= 0.3 is 0 Å². The maximum Gasteiger partial charge on any atom is 0.0405 e. The summed E-state index contributed by atoms with van der Waals surface area (Å²) in [5, 5.41) is 3.30. The van der Waals surface area contributed by atoms with E-state index in [4.69, 9.17) is 0 Å². The number of likely N-dealkylation sites (N-methyl/N-ethyl adjacent to an activating group) is 2. The van der Waals surface area contributed by atoms with Gasteiger partial charge in [-0.25, -0.2) is 0 Å². The Labute approximate surface area is 77.6 Å². The quantitative estimate of drug-likeness (QED) is 0.449. The van der Waals surface area contributed by atoms with Crippen LogP contribution in [0.15, 0.2) is 11.6 Å². The zero-order valence-electron chi connectivity index (χ0n) is 8.46. The fourth-order valence-corrected chi connectivity index (χ4v) is 1.63. The number of hydrogen-bond donors (Lipinski definition) is 1. The summed E-state index contributed by atoms with van der Waals surface area (Å²) in [7, 11) is 4.19. The van der Waals surface area contributed by atoms with Crippen molar-refractivity contribution < 1.29 is 0 Å². The number of hydrogen-bond acceptors (Lipinski definition) is 2. The molecule has 67 valence electrons. The fraction of sp³-hybridized carbons (Fsp3) is 0.778. The number of nitrogens with one attached hydrogen (secondary N) is 1. The first-order valence-corrected chi connectivity index (χ1v) is 4.20. The molecule has 2 nitrogen and oxygen atoms in total. The van der Waals surface area contributed by atoms with Crippen molar-refractivity contribution in [2.24, 2.45) is 0 Å². The first-order valence-electron chi connectivity index (χ1n) is 4.20. The third kappa shape index (κ3) is 2.36. The normalized spacial score (nSPS) is 30.8. The maximum absolute atomic E-state index is 3.30. The number of nitrogens with zero attached hydrogens (tertiary/aromatic N) is 1. The van der Waals surface area contributed by atoms with E-state index in [2.05, 4.69) is 37.2 Å². The molecule has 0 bridgehead atoms. The second kappa shape index (κ2) is 4.68. The van der Waals surface area contributed by atoms with Gasteiger partial charge in [-0.2, -0.15) is 0 Å². The molecule has 1 aliphatic rings.